The third kappa shape index (κ3) is 0.731. The van der Waals surface area contributed by atoms with Gasteiger partial charge in [-0.3, -0.25) is 0 Å². The van der Waals surface area contributed by atoms with E-state index in [0.29, 0.717) is 21.9 Å². The summed E-state index contributed by atoms with van der Waals surface area (Å²) in [6, 6.07) is 5.23. The van der Waals surface area contributed by atoms with Crippen LogP contribution in [0, 0.1) is 0 Å². The van der Waals surface area contributed by atoms with E-state index >= 15 is 0 Å². The van der Waals surface area contributed by atoms with Gasteiger partial charge in [-0.05, 0) is 12.1 Å². The molecule has 3 rings (SSSR count). The SMILES string of the molecule is Oc1c2ccoc2cc2occc12. The molecule has 0 unspecified atom stereocenters. The largest absolute Gasteiger partial charge is 0.506 e. The van der Waals surface area contributed by atoms with Crippen molar-refractivity contribution in [3.05, 3.63) is 30.7 Å². The highest BCUT2D eigenvalue weighted by Crippen LogP contribution is 2.34. The highest BCUT2D eigenvalue weighted by atomic mass is 16.3. The Morgan fingerprint density at radius 1 is 0.923 bits per heavy atom. The summed E-state index contributed by atoms with van der Waals surface area (Å²) in [5.74, 6) is 0.218. The Labute approximate surface area is 73.2 Å². The standard InChI is InChI=1S/C10H6O3/c11-10-6-1-3-12-8(6)5-9-7(10)2-4-13-9/h1-5,11H. The van der Waals surface area contributed by atoms with Crippen LogP contribution in [0.4, 0.5) is 0 Å². The van der Waals surface area contributed by atoms with Crippen LogP contribution in [0.15, 0.2) is 39.6 Å². The average molecular weight is 174 g/mol. The van der Waals surface area contributed by atoms with Crippen LogP contribution in [0.25, 0.3) is 21.9 Å². The Hall–Kier alpha value is -1.90. The van der Waals surface area contributed by atoms with E-state index in [0.717, 1.165) is 0 Å². The zero-order chi connectivity index (χ0) is 8.84. The molecule has 1 aromatic carbocycles. The summed E-state index contributed by atoms with van der Waals surface area (Å²) < 4.78 is 10.3. The smallest absolute Gasteiger partial charge is 0.141 e. The van der Waals surface area contributed by atoms with Gasteiger partial charge in [-0.2, -0.15) is 0 Å². The van der Waals surface area contributed by atoms with E-state index in [9.17, 15) is 5.11 Å². The summed E-state index contributed by atoms with van der Waals surface area (Å²) in [6.45, 7) is 0. The Morgan fingerprint density at radius 2 is 1.46 bits per heavy atom. The molecule has 0 spiro atoms. The molecule has 0 amide bonds. The fourth-order valence-electron chi connectivity index (χ4n) is 1.52. The molecule has 2 heterocycles. The molecule has 3 nitrogen and oxygen atoms in total. The Balaban J connectivity index is 2.67. The quantitative estimate of drug-likeness (QED) is 0.570. The van der Waals surface area contributed by atoms with Gasteiger partial charge >= 0.3 is 0 Å². The van der Waals surface area contributed by atoms with Crippen molar-refractivity contribution >= 4 is 21.9 Å². The van der Waals surface area contributed by atoms with Gasteiger partial charge in [0.2, 0.25) is 0 Å². The van der Waals surface area contributed by atoms with E-state index in [1.165, 1.54) is 0 Å². The van der Waals surface area contributed by atoms with Gasteiger partial charge in [0, 0.05) is 6.07 Å². The second-order valence-electron chi connectivity index (χ2n) is 2.89. The zero-order valence-electron chi connectivity index (χ0n) is 6.65. The number of hydrogen-bond acceptors (Lipinski definition) is 3. The molecule has 3 heteroatoms. The molecule has 64 valence electrons. The molecule has 3 aromatic rings. The van der Waals surface area contributed by atoms with Crippen LogP contribution in [0.1, 0.15) is 0 Å². The van der Waals surface area contributed by atoms with Gasteiger partial charge in [-0.25, -0.2) is 0 Å². The first-order chi connectivity index (χ1) is 6.36. The second kappa shape index (κ2) is 2.07. The van der Waals surface area contributed by atoms with Crippen LogP contribution < -0.4 is 0 Å². The number of rotatable bonds is 0. The van der Waals surface area contributed by atoms with Gasteiger partial charge in [0.1, 0.15) is 16.9 Å². The Morgan fingerprint density at radius 3 is 2.00 bits per heavy atom. The maximum Gasteiger partial charge on any atom is 0.141 e. The van der Waals surface area contributed by atoms with Crippen molar-refractivity contribution in [3.63, 3.8) is 0 Å². The molecular formula is C10H6O3. The second-order valence-corrected chi connectivity index (χ2v) is 2.89. The number of hydrogen-bond donors (Lipinski definition) is 1. The van der Waals surface area contributed by atoms with Gasteiger partial charge in [0.25, 0.3) is 0 Å². The molecule has 0 aliphatic rings. The summed E-state index contributed by atoms with van der Waals surface area (Å²) in [7, 11) is 0. The fourth-order valence-corrected chi connectivity index (χ4v) is 1.52. The topological polar surface area (TPSA) is 46.5 Å². The molecule has 0 aliphatic carbocycles. The highest BCUT2D eigenvalue weighted by molar-refractivity contribution is 6.00. The summed E-state index contributed by atoms with van der Waals surface area (Å²) in [5, 5.41) is 11.2. The summed E-state index contributed by atoms with van der Waals surface area (Å²) in [4.78, 5) is 0. The lowest BCUT2D eigenvalue weighted by molar-refractivity contribution is 0.487. The summed E-state index contributed by atoms with van der Waals surface area (Å²) in [5.41, 5.74) is 1.28. The van der Waals surface area contributed by atoms with E-state index in [-0.39, 0.29) is 5.75 Å². The minimum absolute atomic E-state index is 0.218. The van der Waals surface area contributed by atoms with Crippen molar-refractivity contribution < 1.29 is 13.9 Å². The number of fused-ring (bicyclic) bond motifs is 2. The first kappa shape index (κ1) is 6.60. The Bertz CT molecular complexity index is 525. The first-order valence-electron chi connectivity index (χ1n) is 3.92. The lowest BCUT2D eigenvalue weighted by Gasteiger charge is -1.94. The van der Waals surface area contributed by atoms with Gasteiger partial charge in [0.05, 0.1) is 23.3 Å². The molecule has 2 aromatic heterocycles. The molecule has 0 bridgehead atoms. The van der Waals surface area contributed by atoms with Crippen molar-refractivity contribution in [2.75, 3.05) is 0 Å². The van der Waals surface area contributed by atoms with Crippen molar-refractivity contribution in [1.82, 2.24) is 0 Å². The zero-order valence-corrected chi connectivity index (χ0v) is 6.65. The van der Waals surface area contributed by atoms with E-state index < -0.39 is 0 Å². The molecule has 13 heavy (non-hydrogen) atoms. The van der Waals surface area contributed by atoms with E-state index in [4.69, 9.17) is 8.83 Å². The predicted molar refractivity (Wildman–Crippen MR) is 47.7 cm³/mol. The van der Waals surface area contributed by atoms with E-state index in [2.05, 4.69) is 0 Å². The number of phenols is 1. The summed E-state index contributed by atoms with van der Waals surface area (Å²) >= 11 is 0. The van der Waals surface area contributed by atoms with Crippen LogP contribution >= 0.6 is 0 Å². The molecule has 0 aliphatic heterocycles. The monoisotopic (exact) mass is 174 g/mol. The average Bonchev–Trinajstić information content (AvgIpc) is 2.71. The third-order valence-corrected chi connectivity index (χ3v) is 2.16. The minimum atomic E-state index is 0.218. The number of aromatic hydroxyl groups is 1. The lowest BCUT2D eigenvalue weighted by atomic mass is 10.2. The highest BCUT2D eigenvalue weighted by Gasteiger charge is 2.09. The van der Waals surface area contributed by atoms with Crippen molar-refractivity contribution in [1.29, 1.82) is 0 Å². The van der Waals surface area contributed by atoms with Gasteiger partial charge in [-0.1, -0.05) is 0 Å². The van der Waals surface area contributed by atoms with E-state index in [1.54, 1.807) is 30.7 Å². The van der Waals surface area contributed by atoms with Crippen molar-refractivity contribution in [2.24, 2.45) is 0 Å². The number of furan rings is 2. The Kier molecular flexibility index (Phi) is 1.05. The fraction of sp³-hybridized carbons (Fsp3) is 0. The van der Waals surface area contributed by atoms with Crippen LogP contribution in [0.5, 0.6) is 5.75 Å². The minimum Gasteiger partial charge on any atom is -0.506 e. The molecular weight excluding hydrogens is 168 g/mol. The number of phenolic OH excluding ortho intramolecular Hbond substituents is 1. The molecule has 1 N–H and O–H groups in total. The normalized spacial score (nSPS) is 11.4. The maximum absolute atomic E-state index is 9.77. The molecule has 0 saturated carbocycles. The summed E-state index contributed by atoms with van der Waals surface area (Å²) in [6.07, 6.45) is 3.09. The van der Waals surface area contributed by atoms with Crippen molar-refractivity contribution in [3.8, 4) is 5.75 Å². The van der Waals surface area contributed by atoms with Crippen molar-refractivity contribution in [2.45, 2.75) is 0 Å². The third-order valence-electron chi connectivity index (χ3n) is 2.16. The van der Waals surface area contributed by atoms with Gasteiger partial charge in [-0.15, -0.1) is 0 Å². The van der Waals surface area contributed by atoms with E-state index in [1.807, 2.05) is 0 Å². The molecule has 0 radical (unpaired) electrons. The molecule has 0 fully saturated rings. The van der Waals surface area contributed by atoms with Crippen LogP contribution in [-0.2, 0) is 0 Å². The van der Waals surface area contributed by atoms with Crippen LogP contribution in [0.2, 0.25) is 0 Å². The maximum atomic E-state index is 9.77. The number of benzene rings is 1. The molecule has 0 atom stereocenters. The van der Waals surface area contributed by atoms with Crippen LogP contribution in [0.3, 0.4) is 0 Å². The van der Waals surface area contributed by atoms with Gasteiger partial charge < -0.3 is 13.9 Å². The van der Waals surface area contributed by atoms with Crippen LogP contribution in [-0.4, -0.2) is 5.11 Å². The molecule has 0 saturated heterocycles. The van der Waals surface area contributed by atoms with Gasteiger partial charge in [0.15, 0.2) is 0 Å². The lowest BCUT2D eigenvalue weighted by Crippen LogP contribution is -1.69. The first-order valence-corrected chi connectivity index (χ1v) is 3.92. The predicted octanol–water partition coefficient (Wildman–Crippen LogP) is 2.88.